The number of carbonyl (C=O) groups is 1. The van der Waals surface area contributed by atoms with Crippen LogP contribution in [0.15, 0.2) is 12.1 Å². The van der Waals surface area contributed by atoms with Crippen molar-refractivity contribution < 1.29 is 14.3 Å². The third-order valence-electron chi connectivity index (χ3n) is 2.70. The summed E-state index contributed by atoms with van der Waals surface area (Å²) in [6, 6.07) is 2.87. The summed E-state index contributed by atoms with van der Waals surface area (Å²) in [4.78, 5) is 11.4. The van der Waals surface area contributed by atoms with Crippen LogP contribution in [0.4, 0.5) is 9.18 Å². The summed E-state index contributed by atoms with van der Waals surface area (Å²) < 4.78 is 13.5. The van der Waals surface area contributed by atoms with Crippen molar-refractivity contribution in [1.29, 1.82) is 0 Å². The second-order valence-corrected chi connectivity index (χ2v) is 4.31. The Hall–Kier alpha value is -1.62. The van der Waals surface area contributed by atoms with Crippen LogP contribution in [-0.2, 0) is 0 Å². The van der Waals surface area contributed by atoms with E-state index in [0.717, 1.165) is 5.56 Å². The van der Waals surface area contributed by atoms with E-state index in [4.69, 9.17) is 5.11 Å². The van der Waals surface area contributed by atoms with Gasteiger partial charge in [0, 0.05) is 6.54 Å². The van der Waals surface area contributed by atoms with Gasteiger partial charge in [-0.1, -0.05) is 12.1 Å². The van der Waals surface area contributed by atoms with Gasteiger partial charge in [-0.25, -0.2) is 9.18 Å². The highest BCUT2D eigenvalue weighted by Gasteiger charge is 2.12. The van der Waals surface area contributed by atoms with Crippen molar-refractivity contribution in [1.82, 2.24) is 10.6 Å². The minimum Gasteiger partial charge on any atom is -0.395 e. The van der Waals surface area contributed by atoms with Gasteiger partial charge in [0.1, 0.15) is 5.82 Å². The number of rotatable bonds is 4. The summed E-state index contributed by atoms with van der Waals surface area (Å²) in [7, 11) is 0. The zero-order valence-electron chi connectivity index (χ0n) is 10.9. The van der Waals surface area contributed by atoms with Gasteiger partial charge in [-0.3, -0.25) is 0 Å². The molecule has 0 aliphatic rings. The molecular formula is C13H19FN2O2. The fraction of sp³-hybridized carbons (Fsp3) is 0.462. The van der Waals surface area contributed by atoms with Gasteiger partial charge in [0.15, 0.2) is 0 Å². The Labute approximate surface area is 106 Å². The molecular weight excluding hydrogens is 235 g/mol. The third-order valence-corrected chi connectivity index (χ3v) is 2.70. The zero-order valence-corrected chi connectivity index (χ0v) is 10.9. The van der Waals surface area contributed by atoms with Crippen molar-refractivity contribution in [3.8, 4) is 0 Å². The molecule has 1 aromatic carbocycles. The maximum absolute atomic E-state index is 13.5. The number of nitrogens with one attached hydrogen (secondary N) is 2. The van der Waals surface area contributed by atoms with Crippen LogP contribution < -0.4 is 10.6 Å². The molecule has 0 spiro atoms. The van der Waals surface area contributed by atoms with Gasteiger partial charge in [0.2, 0.25) is 0 Å². The molecule has 0 saturated heterocycles. The van der Waals surface area contributed by atoms with Crippen molar-refractivity contribution in [3.63, 3.8) is 0 Å². The van der Waals surface area contributed by atoms with E-state index < -0.39 is 0 Å². The minimum absolute atomic E-state index is 0.101. The number of hydrogen-bond donors (Lipinski definition) is 3. The van der Waals surface area contributed by atoms with E-state index in [1.165, 1.54) is 0 Å². The Kier molecular flexibility index (Phi) is 5.09. The smallest absolute Gasteiger partial charge is 0.315 e. The van der Waals surface area contributed by atoms with E-state index in [-0.39, 0.29) is 31.0 Å². The van der Waals surface area contributed by atoms with Crippen molar-refractivity contribution in [2.24, 2.45) is 0 Å². The van der Waals surface area contributed by atoms with Crippen LogP contribution >= 0.6 is 0 Å². The highest BCUT2D eigenvalue weighted by Crippen LogP contribution is 2.19. The first-order valence-corrected chi connectivity index (χ1v) is 5.87. The summed E-state index contributed by atoms with van der Waals surface area (Å²) in [6.45, 7) is 5.33. The number of amides is 2. The second-order valence-electron chi connectivity index (χ2n) is 4.31. The highest BCUT2D eigenvalue weighted by molar-refractivity contribution is 5.74. The van der Waals surface area contributed by atoms with Gasteiger partial charge < -0.3 is 15.7 Å². The molecule has 0 aliphatic carbocycles. The lowest BCUT2D eigenvalue weighted by molar-refractivity contribution is 0.231. The Morgan fingerprint density at radius 2 is 1.94 bits per heavy atom. The molecule has 4 nitrogen and oxygen atoms in total. The predicted molar refractivity (Wildman–Crippen MR) is 67.9 cm³/mol. The molecule has 0 bridgehead atoms. The molecule has 5 heteroatoms. The maximum atomic E-state index is 13.5. The fourth-order valence-electron chi connectivity index (χ4n) is 1.73. The van der Waals surface area contributed by atoms with Crippen LogP contribution in [0.3, 0.4) is 0 Å². The number of aliphatic hydroxyl groups excluding tert-OH is 1. The summed E-state index contributed by atoms with van der Waals surface area (Å²) in [5.41, 5.74) is 1.98. The highest BCUT2D eigenvalue weighted by atomic mass is 19.1. The first-order valence-electron chi connectivity index (χ1n) is 5.87. The topological polar surface area (TPSA) is 61.4 Å². The number of benzene rings is 1. The molecule has 100 valence electrons. The number of hydrogen-bond acceptors (Lipinski definition) is 2. The average molecular weight is 254 g/mol. The van der Waals surface area contributed by atoms with Gasteiger partial charge >= 0.3 is 6.03 Å². The van der Waals surface area contributed by atoms with Crippen LogP contribution in [-0.4, -0.2) is 24.3 Å². The Morgan fingerprint density at radius 3 is 2.44 bits per heavy atom. The SMILES string of the molecule is Cc1cc(C(C)NC(=O)NCCO)cc(C)c1F. The molecule has 3 N–H and O–H groups in total. The largest absolute Gasteiger partial charge is 0.395 e. The number of urea groups is 1. The molecule has 1 rings (SSSR count). The lowest BCUT2D eigenvalue weighted by Crippen LogP contribution is -2.38. The van der Waals surface area contributed by atoms with E-state index >= 15 is 0 Å². The normalized spacial score (nSPS) is 12.1. The van der Waals surface area contributed by atoms with Gasteiger partial charge in [-0.15, -0.1) is 0 Å². The first-order chi connectivity index (χ1) is 8.45. The minimum atomic E-state index is -0.351. The van der Waals surface area contributed by atoms with Gasteiger partial charge in [0.05, 0.1) is 12.6 Å². The van der Waals surface area contributed by atoms with Crippen molar-refractivity contribution in [2.75, 3.05) is 13.2 Å². The molecule has 1 aromatic rings. The average Bonchev–Trinajstić information content (AvgIpc) is 2.32. The molecule has 1 unspecified atom stereocenters. The number of aliphatic hydroxyl groups is 1. The molecule has 0 saturated carbocycles. The Balaban J connectivity index is 2.72. The molecule has 0 aliphatic heterocycles. The van der Waals surface area contributed by atoms with Crippen LogP contribution in [0, 0.1) is 19.7 Å². The zero-order chi connectivity index (χ0) is 13.7. The van der Waals surface area contributed by atoms with Crippen LogP contribution in [0.1, 0.15) is 29.7 Å². The van der Waals surface area contributed by atoms with Gasteiger partial charge in [0.25, 0.3) is 0 Å². The summed E-state index contributed by atoms with van der Waals surface area (Å²) in [5.74, 6) is -0.212. The van der Waals surface area contributed by atoms with E-state index in [9.17, 15) is 9.18 Å². The lowest BCUT2D eigenvalue weighted by Gasteiger charge is -2.16. The summed E-state index contributed by atoms with van der Waals surface area (Å²) in [5, 5.41) is 13.8. The summed E-state index contributed by atoms with van der Waals surface area (Å²) >= 11 is 0. The molecule has 1 atom stereocenters. The Morgan fingerprint density at radius 1 is 1.39 bits per heavy atom. The molecule has 18 heavy (non-hydrogen) atoms. The first kappa shape index (κ1) is 14.4. The number of carbonyl (C=O) groups excluding carboxylic acids is 1. The van der Waals surface area contributed by atoms with Crippen molar-refractivity contribution in [2.45, 2.75) is 26.8 Å². The molecule has 0 fully saturated rings. The third kappa shape index (κ3) is 3.70. The van der Waals surface area contributed by atoms with Gasteiger partial charge in [-0.2, -0.15) is 0 Å². The van der Waals surface area contributed by atoms with Crippen LogP contribution in [0.5, 0.6) is 0 Å². The van der Waals surface area contributed by atoms with E-state index in [2.05, 4.69) is 10.6 Å². The standard InChI is InChI=1S/C13H19FN2O2/c1-8-6-11(7-9(2)12(8)14)10(3)16-13(18)15-4-5-17/h6-7,10,17H,4-5H2,1-3H3,(H2,15,16,18). The van der Waals surface area contributed by atoms with Crippen LogP contribution in [0.2, 0.25) is 0 Å². The Bertz CT molecular complexity index is 412. The second kappa shape index (κ2) is 6.35. The number of halogens is 1. The van der Waals surface area contributed by atoms with Crippen molar-refractivity contribution in [3.05, 3.63) is 34.6 Å². The van der Waals surface area contributed by atoms with Crippen molar-refractivity contribution >= 4 is 6.03 Å². The lowest BCUT2D eigenvalue weighted by atomic mass is 10.0. The predicted octanol–water partition coefficient (Wildman–Crippen LogP) is 1.80. The maximum Gasteiger partial charge on any atom is 0.315 e. The number of aryl methyl sites for hydroxylation is 2. The van der Waals surface area contributed by atoms with E-state index in [1.807, 2.05) is 6.92 Å². The summed E-state index contributed by atoms with van der Waals surface area (Å²) in [6.07, 6.45) is 0. The molecule has 2 amide bonds. The van der Waals surface area contributed by atoms with E-state index in [1.54, 1.807) is 26.0 Å². The van der Waals surface area contributed by atoms with Crippen LogP contribution in [0.25, 0.3) is 0 Å². The van der Waals surface area contributed by atoms with E-state index in [0.29, 0.717) is 11.1 Å². The van der Waals surface area contributed by atoms with Gasteiger partial charge in [-0.05, 0) is 37.5 Å². The molecule has 0 heterocycles. The fourth-order valence-corrected chi connectivity index (χ4v) is 1.73. The molecule has 0 aromatic heterocycles. The quantitative estimate of drug-likeness (QED) is 0.767. The monoisotopic (exact) mass is 254 g/mol. The molecule has 0 radical (unpaired) electrons.